The lowest BCUT2D eigenvalue weighted by molar-refractivity contribution is -0.167. The fraction of sp³-hybridized carbons (Fsp3) is 0.891. The molecule has 0 aromatic heterocycles. The molecule has 0 aromatic carbocycles. The van der Waals surface area contributed by atoms with Crippen molar-refractivity contribution in [1.82, 2.24) is 0 Å². The van der Waals surface area contributed by atoms with Gasteiger partial charge in [-0.1, -0.05) is 289 Å². The molecule has 0 N–H and O–H groups in total. The lowest BCUT2D eigenvalue weighted by Gasteiger charge is -2.18. The zero-order valence-electron chi connectivity index (χ0n) is 47.3. The van der Waals surface area contributed by atoms with Crippen LogP contribution in [0.25, 0.3) is 0 Å². The lowest BCUT2D eigenvalue weighted by atomic mass is 10.0. The highest BCUT2D eigenvalue weighted by Gasteiger charge is 2.19. The molecule has 0 aliphatic carbocycles. The SMILES string of the molecule is CCCC/C=C\CCCCCCCC(=O)OC(COC(=O)CCCCCCCCCCCC)COC(=O)CCCCCCCCCCCCCCCCCCCCC/C=C\CCCCCCCCCC. The minimum atomic E-state index is -0.769. The van der Waals surface area contributed by atoms with Crippen LogP contribution in [0.2, 0.25) is 0 Å². The number of esters is 3. The van der Waals surface area contributed by atoms with Gasteiger partial charge in [0.2, 0.25) is 0 Å². The van der Waals surface area contributed by atoms with Crippen molar-refractivity contribution < 1.29 is 28.6 Å². The van der Waals surface area contributed by atoms with Gasteiger partial charge in [0.1, 0.15) is 13.2 Å². The first-order chi connectivity index (χ1) is 34.5. The summed E-state index contributed by atoms with van der Waals surface area (Å²) >= 11 is 0. The van der Waals surface area contributed by atoms with E-state index in [4.69, 9.17) is 14.2 Å². The quantitative estimate of drug-likeness (QED) is 0.0261. The molecule has 0 rings (SSSR count). The molecule has 412 valence electrons. The highest BCUT2D eigenvalue weighted by atomic mass is 16.6. The number of hydrogen-bond acceptors (Lipinski definition) is 6. The predicted molar refractivity (Wildman–Crippen MR) is 303 cm³/mol. The van der Waals surface area contributed by atoms with Crippen LogP contribution in [-0.4, -0.2) is 37.2 Å². The van der Waals surface area contributed by atoms with Crippen LogP contribution >= 0.6 is 0 Å². The molecule has 0 amide bonds. The van der Waals surface area contributed by atoms with Gasteiger partial charge in [0.05, 0.1) is 0 Å². The first kappa shape index (κ1) is 67.9. The second kappa shape index (κ2) is 59.5. The van der Waals surface area contributed by atoms with E-state index in [2.05, 4.69) is 45.1 Å². The van der Waals surface area contributed by atoms with E-state index in [1.807, 2.05) is 0 Å². The van der Waals surface area contributed by atoms with Crippen molar-refractivity contribution in [3.8, 4) is 0 Å². The lowest BCUT2D eigenvalue weighted by Crippen LogP contribution is -2.30. The van der Waals surface area contributed by atoms with Gasteiger partial charge >= 0.3 is 17.9 Å². The van der Waals surface area contributed by atoms with E-state index in [1.165, 1.54) is 244 Å². The molecular formula is C64H120O6. The Balaban J connectivity index is 3.99. The summed E-state index contributed by atoms with van der Waals surface area (Å²) in [5.74, 6) is -0.862. The Morgan fingerprint density at radius 2 is 0.486 bits per heavy atom. The summed E-state index contributed by atoms with van der Waals surface area (Å²) in [6.07, 6.45) is 70.7. The van der Waals surface area contributed by atoms with Crippen LogP contribution in [0.4, 0.5) is 0 Å². The maximum Gasteiger partial charge on any atom is 0.306 e. The molecule has 0 radical (unpaired) electrons. The van der Waals surface area contributed by atoms with E-state index >= 15 is 0 Å². The topological polar surface area (TPSA) is 78.9 Å². The number of unbranched alkanes of at least 4 members (excludes halogenated alkanes) is 43. The van der Waals surface area contributed by atoms with E-state index in [1.54, 1.807) is 0 Å². The van der Waals surface area contributed by atoms with Crippen molar-refractivity contribution >= 4 is 17.9 Å². The summed E-state index contributed by atoms with van der Waals surface area (Å²) in [5.41, 5.74) is 0. The summed E-state index contributed by atoms with van der Waals surface area (Å²) in [4.78, 5) is 38.0. The molecule has 70 heavy (non-hydrogen) atoms. The highest BCUT2D eigenvalue weighted by molar-refractivity contribution is 5.71. The standard InChI is InChI=1S/C64H120O6/c1-4-7-10-13-16-19-22-23-24-25-26-27-28-29-30-31-32-33-34-35-36-37-38-39-40-41-43-45-48-51-54-57-63(66)69-60-61(59-68-62(65)56-53-50-47-44-21-18-15-12-9-6-3)70-64(67)58-55-52-49-46-42-20-17-14-11-8-5-2/h14,17,25-26,61H,4-13,15-16,18-24,27-60H2,1-3H3/b17-14-,26-25-. The molecule has 0 heterocycles. The average Bonchev–Trinajstić information content (AvgIpc) is 3.36. The Morgan fingerprint density at radius 1 is 0.271 bits per heavy atom. The van der Waals surface area contributed by atoms with Crippen molar-refractivity contribution in [3.63, 3.8) is 0 Å². The van der Waals surface area contributed by atoms with E-state index in [9.17, 15) is 14.4 Å². The molecule has 0 aliphatic heterocycles. The van der Waals surface area contributed by atoms with Gasteiger partial charge in [0.25, 0.3) is 0 Å². The van der Waals surface area contributed by atoms with Crippen molar-refractivity contribution in [1.29, 1.82) is 0 Å². The maximum absolute atomic E-state index is 12.8. The molecule has 0 bridgehead atoms. The zero-order valence-corrected chi connectivity index (χ0v) is 47.3. The minimum absolute atomic E-state index is 0.0695. The van der Waals surface area contributed by atoms with Crippen LogP contribution in [0.1, 0.15) is 348 Å². The van der Waals surface area contributed by atoms with E-state index in [0.717, 1.165) is 64.2 Å². The fourth-order valence-electron chi connectivity index (χ4n) is 9.42. The van der Waals surface area contributed by atoms with Crippen LogP contribution in [0, 0.1) is 0 Å². The monoisotopic (exact) mass is 985 g/mol. The third kappa shape index (κ3) is 56.8. The molecule has 6 heteroatoms. The first-order valence-electron chi connectivity index (χ1n) is 31.3. The summed E-state index contributed by atoms with van der Waals surface area (Å²) in [6.45, 7) is 6.63. The van der Waals surface area contributed by atoms with Crippen molar-refractivity contribution in [2.45, 2.75) is 354 Å². The Bertz CT molecular complexity index is 1130. The molecule has 1 unspecified atom stereocenters. The van der Waals surface area contributed by atoms with E-state index in [0.29, 0.717) is 19.3 Å². The summed E-state index contributed by atoms with van der Waals surface area (Å²) in [7, 11) is 0. The largest absolute Gasteiger partial charge is 0.462 e. The first-order valence-corrected chi connectivity index (χ1v) is 31.3. The number of ether oxygens (including phenoxy) is 3. The van der Waals surface area contributed by atoms with Crippen LogP contribution in [0.3, 0.4) is 0 Å². The second-order valence-corrected chi connectivity index (χ2v) is 21.3. The van der Waals surface area contributed by atoms with Crippen LogP contribution in [-0.2, 0) is 28.6 Å². The Labute approximate surface area is 436 Å². The van der Waals surface area contributed by atoms with Gasteiger partial charge in [-0.25, -0.2) is 0 Å². The second-order valence-electron chi connectivity index (χ2n) is 21.3. The van der Waals surface area contributed by atoms with Gasteiger partial charge in [-0.15, -0.1) is 0 Å². The predicted octanol–water partition coefficient (Wildman–Crippen LogP) is 21.1. The number of carbonyl (C=O) groups is 3. The van der Waals surface area contributed by atoms with Gasteiger partial charge in [-0.2, -0.15) is 0 Å². The number of carbonyl (C=O) groups excluding carboxylic acids is 3. The van der Waals surface area contributed by atoms with Crippen LogP contribution in [0.15, 0.2) is 24.3 Å². The van der Waals surface area contributed by atoms with Crippen molar-refractivity contribution in [2.75, 3.05) is 13.2 Å². The molecular weight excluding hydrogens is 865 g/mol. The smallest absolute Gasteiger partial charge is 0.306 e. The number of allylic oxidation sites excluding steroid dienone is 4. The Morgan fingerprint density at radius 3 is 0.757 bits per heavy atom. The number of rotatable bonds is 58. The van der Waals surface area contributed by atoms with Gasteiger partial charge in [-0.05, 0) is 64.2 Å². The van der Waals surface area contributed by atoms with Crippen LogP contribution in [0.5, 0.6) is 0 Å². The van der Waals surface area contributed by atoms with Gasteiger partial charge < -0.3 is 14.2 Å². The molecule has 6 nitrogen and oxygen atoms in total. The molecule has 0 aromatic rings. The van der Waals surface area contributed by atoms with Gasteiger partial charge in [0, 0.05) is 19.3 Å². The highest BCUT2D eigenvalue weighted by Crippen LogP contribution is 2.17. The van der Waals surface area contributed by atoms with E-state index in [-0.39, 0.29) is 31.1 Å². The summed E-state index contributed by atoms with van der Waals surface area (Å²) in [6, 6.07) is 0. The molecule has 0 spiro atoms. The summed E-state index contributed by atoms with van der Waals surface area (Å²) < 4.78 is 16.8. The van der Waals surface area contributed by atoms with Crippen LogP contribution < -0.4 is 0 Å². The summed E-state index contributed by atoms with van der Waals surface area (Å²) in [5, 5.41) is 0. The molecule has 0 fully saturated rings. The third-order valence-corrected chi connectivity index (χ3v) is 14.2. The van der Waals surface area contributed by atoms with Gasteiger partial charge in [-0.3, -0.25) is 14.4 Å². The minimum Gasteiger partial charge on any atom is -0.462 e. The average molecular weight is 986 g/mol. The van der Waals surface area contributed by atoms with Crippen molar-refractivity contribution in [3.05, 3.63) is 24.3 Å². The normalized spacial score (nSPS) is 12.1. The maximum atomic E-state index is 12.8. The Kier molecular flexibility index (Phi) is 57.7. The molecule has 0 saturated heterocycles. The zero-order chi connectivity index (χ0) is 50.7. The molecule has 0 aliphatic rings. The van der Waals surface area contributed by atoms with E-state index < -0.39 is 6.10 Å². The van der Waals surface area contributed by atoms with Gasteiger partial charge in [0.15, 0.2) is 6.10 Å². The number of hydrogen-bond donors (Lipinski definition) is 0. The fourth-order valence-corrected chi connectivity index (χ4v) is 9.42. The van der Waals surface area contributed by atoms with Crippen molar-refractivity contribution in [2.24, 2.45) is 0 Å². The Hall–Kier alpha value is -2.11. The molecule has 0 saturated carbocycles. The molecule has 1 atom stereocenters. The third-order valence-electron chi connectivity index (χ3n) is 14.2.